The fraction of sp³-hybridized carbons (Fsp3) is 0.500. The van der Waals surface area contributed by atoms with Crippen LogP contribution in [0.2, 0.25) is 0 Å². The molecule has 132 valence electrons. The van der Waals surface area contributed by atoms with Gasteiger partial charge in [0.25, 0.3) is 0 Å². The van der Waals surface area contributed by atoms with Gasteiger partial charge in [0.2, 0.25) is 17.7 Å². The highest BCUT2D eigenvalue weighted by atomic mass is 16.5. The predicted octanol–water partition coefficient (Wildman–Crippen LogP) is 2.27. The topological polar surface area (TPSA) is 77.7 Å². The molecule has 1 aromatic heterocycles. The zero-order valence-corrected chi connectivity index (χ0v) is 14.3. The van der Waals surface area contributed by atoms with Gasteiger partial charge in [-0.3, -0.25) is 4.79 Å². The maximum Gasteiger partial charge on any atom is 0.247 e. The van der Waals surface area contributed by atoms with E-state index in [1.165, 1.54) is 0 Å². The van der Waals surface area contributed by atoms with Gasteiger partial charge in [-0.1, -0.05) is 32.0 Å². The molecular weight excluding hydrogens is 322 g/mol. The molecule has 0 bridgehead atoms. The van der Waals surface area contributed by atoms with Gasteiger partial charge in [0.05, 0.1) is 13.2 Å². The Labute approximate surface area is 145 Å². The summed E-state index contributed by atoms with van der Waals surface area (Å²) < 4.78 is 17.1. The third-order valence-corrected chi connectivity index (χ3v) is 4.60. The van der Waals surface area contributed by atoms with E-state index in [-0.39, 0.29) is 23.8 Å². The minimum Gasteiger partial charge on any atom is -0.492 e. The number of nitrogens with zero attached hydrogens (tertiary/aromatic N) is 3. The molecule has 1 aromatic carbocycles. The molecule has 0 N–H and O–H groups in total. The zero-order chi connectivity index (χ0) is 17.4. The molecule has 2 atom stereocenters. The van der Waals surface area contributed by atoms with Crippen LogP contribution in [0.5, 0.6) is 5.75 Å². The first-order valence-electron chi connectivity index (χ1n) is 8.59. The van der Waals surface area contributed by atoms with Gasteiger partial charge < -0.3 is 18.8 Å². The highest BCUT2D eigenvalue weighted by molar-refractivity contribution is 5.85. The summed E-state index contributed by atoms with van der Waals surface area (Å²) in [4.78, 5) is 14.8. The largest absolute Gasteiger partial charge is 0.492 e. The van der Waals surface area contributed by atoms with Gasteiger partial charge in [-0.2, -0.15) is 0 Å². The summed E-state index contributed by atoms with van der Waals surface area (Å²) in [6.45, 7) is 5.79. The van der Waals surface area contributed by atoms with Gasteiger partial charge in [0.1, 0.15) is 18.3 Å². The Hall–Kier alpha value is -2.41. The lowest BCUT2D eigenvalue weighted by molar-refractivity contribution is -0.141. The van der Waals surface area contributed by atoms with Crippen LogP contribution in [0.4, 0.5) is 0 Å². The Kier molecular flexibility index (Phi) is 4.17. The van der Waals surface area contributed by atoms with Gasteiger partial charge in [-0.15, -0.1) is 10.2 Å². The summed E-state index contributed by atoms with van der Waals surface area (Å²) in [5, 5.41) is 8.13. The van der Waals surface area contributed by atoms with Crippen LogP contribution in [0.15, 0.2) is 28.7 Å². The van der Waals surface area contributed by atoms with Crippen molar-refractivity contribution in [3.05, 3.63) is 41.6 Å². The van der Waals surface area contributed by atoms with Gasteiger partial charge in [-0.05, 0) is 6.07 Å². The molecule has 0 unspecified atom stereocenters. The molecule has 1 amide bonds. The first-order valence-corrected chi connectivity index (χ1v) is 8.59. The standard InChI is InChI=1S/C18H21N3O4/c1-11(2)16-19-20-17(25-16)15-9-21(7-8-23-15)18(22)13-10-24-14-6-4-3-5-12(13)14/h3-6,11,13,15H,7-10H2,1-2H3/t13-,15+/m1/s1. The maximum absolute atomic E-state index is 13.0. The SMILES string of the molecule is CC(C)c1nnc([C@@H]2CN(C(=O)[C@@H]3COc4ccccc43)CCO2)o1. The number of carbonyl (C=O) groups excluding carboxylic acids is 1. The van der Waals surface area contributed by atoms with E-state index in [4.69, 9.17) is 13.9 Å². The molecule has 0 radical (unpaired) electrons. The van der Waals surface area contributed by atoms with Crippen LogP contribution in [0.3, 0.4) is 0 Å². The average Bonchev–Trinajstić information content (AvgIpc) is 3.28. The molecule has 7 nitrogen and oxygen atoms in total. The lowest BCUT2D eigenvalue weighted by Gasteiger charge is -2.32. The quantitative estimate of drug-likeness (QED) is 0.851. The molecule has 2 aromatic rings. The van der Waals surface area contributed by atoms with Crippen LogP contribution in [-0.4, -0.2) is 47.3 Å². The Morgan fingerprint density at radius 2 is 2.12 bits per heavy atom. The summed E-state index contributed by atoms with van der Waals surface area (Å²) >= 11 is 0. The summed E-state index contributed by atoms with van der Waals surface area (Å²) in [6.07, 6.45) is -0.379. The number of hydrogen-bond acceptors (Lipinski definition) is 6. The van der Waals surface area contributed by atoms with Crippen molar-refractivity contribution >= 4 is 5.91 Å². The van der Waals surface area contributed by atoms with E-state index in [0.29, 0.717) is 38.1 Å². The molecule has 4 rings (SSSR count). The number of rotatable bonds is 3. The molecule has 2 aliphatic heterocycles. The highest BCUT2D eigenvalue weighted by Crippen LogP contribution is 2.35. The summed E-state index contributed by atoms with van der Waals surface area (Å²) in [5.41, 5.74) is 0.954. The highest BCUT2D eigenvalue weighted by Gasteiger charge is 2.36. The van der Waals surface area contributed by atoms with Gasteiger partial charge in [-0.25, -0.2) is 0 Å². The van der Waals surface area contributed by atoms with Crippen LogP contribution in [0, 0.1) is 0 Å². The van der Waals surface area contributed by atoms with Crippen molar-refractivity contribution in [1.29, 1.82) is 0 Å². The van der Waals surface area contributed by atoms with Gasteiger partial charge in [0.15, 0.2) is 6.10 Å². The molecule has 3 heterocycles. The molecule has 2 aliphatic rings. The van der Waals surface area contributed by atoms with E-state index in [1.807, 2.05) is 43.0 Å². The Morgan fingerprint density at radius 3 is 2.92 bits per heavy atom. The maximum atomic E-state index is 13.0. The second-order valence-electron chi connectivity index (χ2n) is 6.68. The van der Waals surface area contributed by atoms with Crippen molar-refractivity contribution in [2.24, 2.45) is 0 Å². The van der Waals surface area contributed by atoms with Crippen molar-refractivity contribution in [3.8, 4) is 5.75 Å². The Balaban J connectivity index is 1.48. The van der Waals surface area contributed by atoms with Crippen molar-refractivity contribution in [3.63, 3.8) is 0 Å². The van der Waals surface area contributed by atoms with E-state index < -0.39 is 0 Å². The smallest absolute Gasteiger partial charge is 0.247 e. The van der Waals surface area contributed by atoms with E-state index in [2.05, 4.69) is 10.2 Å². The lowest BCUT2D eigenvalue weighted by atomic mass is 9.99. The van der Waals surface area contributed by atoms with E-state index in [9.17, 15) is 4.79 Å². The minimum atomic E-state index is -0.379. The summed E-state index contributed by atoms with van der Waals surface area (Å²) in [6, 6.07) is 7.70. The number of amides is 1. The Bertz CT molecular complexity index is 773. The predicted molar refractivity (Wildman–Crippen MR) is 88.3 cm³/mol. The Morgan fingerprint density at radius 1 is 1.28 bits per heavy atom. The van der Waals surface area contributed by atoms with E-state index in [0.717, 1.165) is 11.3 Å². The van der Waals surface area contributed by atoms with Crippen LogP contribution in [0.25, 0.3) is 0 Å². The van der Waals surface area contributed by atoms with Crippen molar-refractivity contribution in [1.82, 2.24) is 15.1 Å². The van der Waals surface area contributed by atoms with Crippen LogP contribution in [0.1, 0.15) is 49.1 Å². The van der Waals surface area contributed by atoms with Gasteiger partial charge >= 0.3 is 0 Å². The molecule has 0 spiro atoms. The molecule has 1 fully saturated rings. The fourth-order valence-electron chi connectivity index (χ4n) is 3.20. The van der Waals surface area contributed by atoms with Crippen LogP contribution in [-0.2, 0) is 9.53 Å². The number of carbonyl (C=O) groups is 1. The van der Waals surface area contributed by atoms with Crippen molar-refractivity contribution in [2.45, 2.75) is 31.8 Å². The van der Waals surface area contributed by atoms with Crippen LogP contribution >= 0.6 is 0 Å². The average molecular weight is 343 g/mol. The molecular formula is C18H21N3O4. The number of benzene rings is 1. The molecule has 0 aliphatic carbocycles. The fourth-order valence-corrected chi connectivity index (χ4v) is 3.20. The number of hydrogen-bond donors (Lipinski definition) is 0. The second kappa shape index (κ2) is 6.48. The molecule has 7 heteroatoms. The van der Waals surface area contributed by atoms with Crippen LogP contribution < -0.4 is 4.74 Å². The number of para-hydroxylation sites is 1. The zero-order valence-electron chi connectivity index (χ0n) is 14.3. The molecule has 25 heavy (non-hydrogen) atoms. The third-order valence-electron chi connectivity index (χ3n) is 4.60. The normalized spacial score (nSPS) is 22.8. The first kappa shape index (κ1) is 16.1. The number of ether oxygens (including phenoxy) is 2. The minimum absolute atomic E-state index is 0.0573. The van der Waals surface area contributed by atoms with Gasteiger partial charge in [0, 0.05) is 18.0 Å². The monoisotopic (exact) mass is 343 g/mol. The molecule has 1 saturated heterocycles. The van der Waals surface area contributed by atoms with E-state index >= 15 is 0 Å². The van der Waals surface area contributed by atoms with E-state index in [1.54, 1.807) is 0 Å². The third kappa shape index (κ3) is 3.00. The first-order chi connectivity index (χ1) is 12.1. The number of fused-ring (bicyclic) bond motifs is 1. The second-order valence-corrected chi connectivity index (χ2v) is 6.68. The van der Waals surface area contributed by atoms with Crippen molar-refractivity contribution < 1.29 is 18.7 Å². The lowest BCUT2D eigenvalue weighted by Crippen LogP contribution is -2.44. The number of aromatic nitrogens is 2. The summed E-state index contributed by atoms with van der Waals surface area (Å²) in [5.74, 6) is 1.77. The van der Waals surface area contributed by atoms with Crippen molar-refractivity contribution in [2.75, 3.05) is 26.3 Å². The summed E-state index contributed by atoms with van der Waals surface area (Å²) in [7, 11) is 0. The molecule has 0 saturated carbocycles. The number of morpholine rings is 1.